The van der Waals surface area contributed by atoms with Crippen LogP contribution >= 0.6 is 11.6 Å². The van der Waals surface area contributed by atoms with E-state index in [0.29, 0.717) is 24.4 Å². The Balaban J connectivity index is 1.52. The van der Waals surface area contributed by atoms with Crippen LogP contribution in [0.1, 0.15) is 48.5 Å². The van der Waals surface area contributed by atoms with Crippen molar-refractivity contribution in [1.82, 2.24) is 4.90 Å². The van der Waals surface area contributed by atoms with E-state index in [1.54, 1.807) is 24.3 Å². The van der Waals surface area contributed by atoms with E-state index in [1.807, 2.05) is 31.2 Å². The molecular weight excluding hydrogens is 400 g/mol. The Morgan fingerprint density at radius 3 is 2.67 bits per heavy atom. The molecule has 1 atom stereocenters. The average molecular weight is 429 g/mol. The quantitative estimate of drug-likeness (QED) is 0.466. The standard InChI is InChI=1S/C24H29ClN2O3/c1-2-3-15-30-24(29)18-10-12-21(13-11-18)26-23(28)20-8-6-14-27(17-20)16-19-7-4-5-9-22(19)25/h4-5,7,9-13,20H,2-3,6,8,14-17H2,1H3,(H,26,28)/t20-/m1/s1. The Bertz CT molecular complexity index is 854. The minimum atomic E-state index is -0.330. The van der Waals surface area contributed by atoms with Crippen LogP contribution < -0.4 is 5.32 Å². The second kappa shape index (κ2) is 11.1. The highest BCUT2D eigenvalue weighted by atomic mass is 35.5. The van der Waals surface area contributed by atoms with Gasteiger partial charge in [-0.05, 0) is 61.7 Å². The number of unbranched alkanes of at least 4 members (excludes halogenated alkanes) is 1. The molecule has 0 bridgehead atoms. The lowest BCUT2D eigenvalue weighted by atomic mass is 9.96. The summed E-state index contributed by atoms with van der Waals surface area (Å²) in [5.74, 6) is -0.388. The summed E-state index contributed by atoms with van der Waals surface area (Å²) >= 11 is 6.28. The highest BCUT2D eigenvalue weighted by Crippen LogP contribution is 2.23. The fourth-order valence-corrected chi connectivity index (χ4v) is 3.80. The molecule has 0 spiro atoms. The third-order valence-corrected chi connectivity index (χ3v) is 5.72. The van der Waals surface area contributed by atoms with E-state index < -0.39 is 0 Å². The molecule has 1 aliphatic heterocycles. The van der Waals surface area contributed by atoms with Crippen LogP contribution in [-0.2, 0) is 16.1 Å². The minimum Gasteiger partial charge on any atom is -0.462 e. The molecule has 0 aliphatic carbocycles. The minimum absolute atomic E-state index is 0.0112. The number of nitrogens with one attached hydrogen (secondary N) is 1. The van der Waals surface area contributed by atoms with Gasteiger partial charge in [-0.15, -0.1) is 0 Å². The van der Waals surface area contributed by atoms with Crippen molar-refractivity contribution < 1.29 is 14.3 Å². The maximum atomic E-state index is 12.8. The van der Waals surface area contributed by atoms with Gasteiger partial charge in [0.2, 0.25) is 5.91 Å². The molecule has 160 valence electrons. The second-order valence-electron chi connectivity index (χ2n) is 7.72. The first-order valence-corrected chi connectivity index (χ1v) is 11.0. The van der Waals surface area contributed by atoms with Crippen molar-refractivity contribution in [2.75, 3.05) is 25.0 Å². The maximum absolute atomic E-state index is 12.8. The van der Waals surface area contributed by atoms with Gasteiger partial charge in [-0.3, -0.25) is 9.69 Å². The van der Waals surface area contributed by atoms with Crippen molar-refractivity contribution in [3.05, 3.63) is 64.7 Å². The molecular formula is C24H29ClN2O3. The highest BCUT2D eigenvalue weighted by Gasteiger charge is 2.26. The van der Waals surface area contributed by atoms with Crippen molar-refractivity contribution in [3.8, 4) is 0 Å². The van der Waals surface area contributed by atoms with Gasteiger partial charge < -0.3 is 10.1 Å². The zero-order chi connectivity index (χ0) is 21.3. The summed E-state index contributed by atoms with van der Waals surface area (Å²) in [6.45, 7) is 4.90. The number of halogens is 1. The van der Waals surface area contributed by atoms with Crippen molar-refractivity contribution in [2.45, 2.75) is 39.2 Å². The van der Waals surface area contributed by atoms with E-state index >= 15 is 0 Å². The highest BCUT2D eigenvalue weighted by molar-refractivity contribution is 6.31. The summed E-state index contributed by atoms with van der Waals surface area (Å²) in [5, 5.41) is 3.74. The number of esters is 1. The van der Waals surface area contributed by atoms with Crippen molar-refractivity contribution in [2.24, 2.45) is 5.92 Å². The largest absolute Gasteiger partial charge is 0.462 e. The van der Waals surface area contributed by atoms with Crippen molar-refractivity contribution in [1.29, 1.82) is 0 Å². The summed E-state index contributed by atoms with van der Waals surface area (Å²) in [4.78, 5) is 27.0. The Hall–Kier alpha value is -2.37. The predicted molar refractivity (Wildman–Crippen MR) is 120 cm³/mol. The normalized spacial score (nSPS) is 16.8. The van der Waals surface area contributed by atoms with Crippen LogP contribution in [0.5, 0.6) is 0 Å². The Kier molecular flexibility index (Phi) is 8.29. The molecule has 1 heterocycles. The number of nitrogens with zero attached hydrogens (tertiary/aromatic N) is 1. The van der Waals surface area contributed by atoms with Crippen LogP contribution in [0.4, 0.5) is 5.69 Å². The molecule has 1 amide bonds. The number of anilines is 1. The topological polar surface area (TPSA) is 58.6 Å². The third kappa shape index (κ3) is 6.31. The number of benzene rings is 2. The zero-order valence-electron chi connectivity index (χ0n) is 17.4. The number of carbonyl (C=O) groups is 2. The van der Waals surface area contributed by atoms with Gasteiger partial charge in [-0.2, -0.15) is 0 Å². The summed E-state index contributed by atoms with van der Waals surface area (Å²) < 4.78 is 5.21. The van der Waals surface area contributed by atoms with Crippen LogP contribution in [0.3, 0.4) is 0 Å². The van der Waals surface area contributed by atoms with Crippen LogP contribution in [0.15, 0.2) is 48.5 Å². The second-order valence-corrected chi connectivity index (χ2v) is 8.13. The lowest BCUT2D eigenvalue weighted by molar-refractivity contribution is -0.121. The molecule has 0 aromatic heterocycles. The summed E-state index contributed by atoms with van der Waals surface area (Å²) in [7, 11) is 0. The predicted octanol–water partition coefficient (Wildman–Crippen LogP) is 5.15. The van der Waals surface area contributed by atoms with Crippen LogP contribution in [0.2, 0.25) is 5.02 Å². The van der Waals surface area contributed by atoms with Crippen LogP contribution in [0.25, 0.3) is 0 Å². The lowest BCUT2D eigenvalue weighted by Crippen LogP contribution is -2.40. The molecule has 1 fully saturated rings. The van der Waals surface area contributed by atoms with Gasteiger partial charge in [0.15, 0.2) is 0 Å². The Morgan fingerprint density at radius 2 is 1.93 bits per heavy atom. The third-order valence-electron chi connectivity index (χ3n) is 5.35. The molecule has 1 N–H and O–H groups in total. The first kappa shape index (κ1) is 22.3. The molecule has 0 radical (unpaired) electrons. The van der Waals surface area contributed by atoms with Gasteiger partial charge in [0.1, 0.15) is 0 Å². The Morgan fingerprint density at radius 1 is 1.17 bits per heavy atom. The lowest BCUT2D eigenvalue weighted by Gasteiger charge is -2.32. The van der Waals surface area contributed by atoms with E-state index in [-0.39, 0.29) is 17.8 Å². The van der Waals surface area contributed by atoms with Gasteiger partial charge in [0, 0.05) is 23.8 Å². The van der Waals surface area contributed by atoms with E-state index in [1.165, 1.54) is 0 Å². The van der Waals surface area contributed by atoms with Crippen molar-refractivity contribution >= 4 is 29.2 Å². The van der Waals surface area contributed by atoms with Gasteiger partial charge >= 0.3 is 5.97 Å². The Labute approximate surface area is 183 Å². The fourth-order valence-electron chi connectivity index (χ4n) is 3.61. The molecule has 0 saturated carbocycles. The molecule has 2 aromatic rings. The van der Waals surface area contributed by atoms with Gasteiger partial charge in [0.25, 0.3) is 0 Å². The summed E-state index contributed by atoms with van der Waals surface area (Å²) in [5.41, 5.74) is 2.27. The number of ether oxygens (including phenoxy) is 1. The van der Waals surface area contributed by atoms with E-state index in [4.69, 9.17) is 16.3 Å². The number of hydrogen-bond acceptors (Lipinski definition) is 4. The fraction of sp³-hybridized carbons (Fsp3) is 0.417. The molecule has 30 heavy (non-hydrogen) atoms. The first-order chi connectivity index (χ1) is 14.6. The molecule has 1 saturated heterocycles. The van der Waals surface area contributed by atoms with Gasteiger partial charge in [0.05, 0.1) is 18.1 Å². The number of likely N-dealkylation sites (tertiary alicyclic amines) is 1. The molecule has 1 aliphatic rings. The molecule has 3 rings (SSSR count). The molecule has 0 unspecified atom stereocenters. The maximum Gasteiger partial charge on any atom is 0.338 e. The van der Waals surface area contributed by atoms with Crippen molar-refractivity contribution in [3.63, 3.8) is 0 Å². The SMILES string of the molecule is CCCCOC(=O)c1ccc(NC(=O)[C@@H]2CCCN(Cc3ccccc3Cl)C2)cc1. The molecule has 6 heteroatoms. The van der Waals surface area contributed by atoms with Crippen LogP contribution in [0, 0.1) is 5.92 Å². The van der Waals surface area contributed by atoms with E-state index in [2.05, 4.69) is 10.2 Å². The summed E-state index contributed by atoms with van der Waals surface area (Å²) in [6, 6.07) is 14.7. The number of piperidine rings is 1. The smallest absolute Gasteiger partial charge is 0.338 e. The zero-order valence-corrected chi connectivity index (χ0v) is 18.2. The van der Waals surface area contributed by atoms with Gasteiger partial charge in [-0.25, -0.2) is 4.79 Å². The van der Waals surface area contributed by atoms with Gasteiger partial charge in [-0.1, -0.05) is 43.1 Å². The van der Waals surface area contributed by atoms with Crippen LogP contribution in [-0.4, -0.2) is 36.5 Å². The number of carbonyl (C=O) groups excluding carboxylic acids is 2. The molecule has 5 nitrogen and oxygen atoms in total. The van der Waals surface area contributed by atoms with E-state index in [9.17, 15) is 9.59 Å². The number of amides is 1. The first-order valence-electron chi connectivity index (χ1n) is 10.6. The van der Waals surface area contributed by atoms with E-state index in [0.717, 1.165) is 49.4 Å². The molecule has 2 aromatic carbocycles. The monoisotopic (exact) mass is 428 g/mol. The summed E-state index contributed by atoms with van der Waals surface area (Å²) in [6.07, 6.45) is 3.68. The average Bonchev–Trinajstić information content (AvgIpc) is 2.76. The number of hydrogen-bond donors (Lipinski definition) is 1. The number of rotatable bonds is 8.